The number of halogens is 1. The van der Waals surface area contributed by atoms with Gasteiger partial charge in [0, 0.05) is 21.7 Å². The first kappa shape index (κ1) is 19.5. The van der Waals surface area contributed by atoms with Crippen molar-refractivity contribution >= 4 is 76.2 Å². The third-order valence-electron chi connectivity index (χ3n) is 6.70. The SMILES string of the molecule is Brc1ccc2ccc3c(N(c4ccc5ccccc5c4)c4ccccn4)ccc4ccc1c2c43. The predicted molar refractivity (Wildman–Crippen MR) is 148 cm³/mol. The van der Waals surface area contributed by atoms with E-state index in [-0.39, 0.29) is 0 Å². The van der Waals surface area contributed by atoms with Gasteiger partial charge in [-0.2, -0.15) is 0 Å². The van der Waals surface area contributed by atoms with Crippen LogP contribution in [0.25, 0.3) is 43.1 Å². The summed E-state index contributed by atoms with van der Waals surface area (Å²) in [7, 11) is 0. The molecule has 2 nitrogen and oxygen atoms in total. The van der Waals surface area contributed by atoms with Crippen molar-refractivity contribution in [3.05, 3.63) is 120 Å². The first-order valence-electron chi connectivity index (χ1n) is 11.3. The highest BCUT2D eigenvalue weighted by molar-refractivity contribution is 9.10. The van der Waals surface area contributed by atoms with Crippen molar-refractivity contribution < 1.29 is 0 Å². The molecule has 0 aliphatic carbocycles. The molecule has 7 rings (SSSR count). The molecule has 0 atom stereocenters. The number of nitrogens with zero attached hydrogens (tertiary/aromatic N) is 2. The molecule has 0 bridgehead atoms. The van der Waals surface area contributed by atoms with Crippen molar-refractivity contribution in [2.75, 3.05) is 4.90 Å². The number of benzene rings is 6. The zero-order valence-electron chi connectivity index (χ0n) is 18.2. The number of hydrogen-bond donors (Lipinski definition) is 0. The summed E-state index contributed by atoms with van der Waals surface area (Å²) in [6.07, 6.45) is 1.86. The number of hydrogen-bond acceptors (Lipinski definition) is 2. The Kier molecular flexibility index (Phi) is 4.33. The molecule has 3 heteroatoms. The summed E-state index contributed by atoms with van der Waals surface area (Å²) in [5.41, 5.74) is 2.21. The van der Waals surface area contributed by atoms with Crippen LogP contribution < -0.4 is 4.90 Å². The lowest BCUT2D eigenvalue weighted by molar-refractivity contribution is 1.19. The highest BCUT2D eigenvalue weighted by Gasteiger charge is 2.19. The zero-order chi connectivity index (χ0) is 22.6. The molecule has 0 radical (unpaired) electrons. The Morgan fingerprint density at radius 3 is 2.06 bits per heavy atom. The molecule has 0 saturated carbocycles. The maximum atomic E-state index is 4.75. The molecule has 0 N–H and O–H groups in total. The standard InChI is InChI=1S/C31H19BrN2/c32-27-16-11-21-10-15-26-28(17-12-22-9-14-25(27)30(21)31(22)26)34(29-7-3-4-18-33-29)24-13-8-20-5-1-2-6-23(20)19-24/h1-19H. The average molecular weight is 499 g/mol. The maximum absolute atomic E-state index is 4.75. The number of aromatic nitrogens is 1. The monoisotopic (exact) mass is 498 g/mol. The Labute approximate surface area is 205 Å². The summed E-state index contributed by atoms with van der Waals surface area (Å²) >= 11 is 3.76. The molecule has 0 fully saturated rings. The average Bonchev–Trinajstić information content (AvgIpc) is 2.90. The van der Waals surface area contributed by atoms with Gasteiger partial charge in [-0.3, -0.25) is 4.90 Å². The van der Waals surface area contributed by atoms with E-state index in [9.17, 15) is 0 Å². The van der Waals surface area contributed by atoms with Gasteiger partial charge >= 0.3 is 0 Å². The Morgan fingerprint density at radius 2 is 1.24 bits per heavy atom. The van der Waals surface area contributed by atoms with Gasteiger partial charge in [-0.15, -0.1) is 0 Å². The van der Waals surface area contributed by atoms with Crippen molar-refractivity contribution in [1.82, 2.24) is 4.98 Å². The van der Waals surface area contributed by atoms with E-state index in [1.807, 2.05) is 18.3 Å². The van der Waals surface area contributed by atoms with E-state index in [2.05, 4.69) is 118 Å². The minimum absolute atomic E-state index is 0.897. The summed E-state index contributed by atoms with van der Waals surface area (Å²) < 4.78 is 1.12. The normalized spacial score (nSPS) is 11.7. The molecule has 34 heavy (non-hydrogen) atoms. The van der Waals surface area contributed by atoms with Crippen molar-refractivity contribution in [1.29, 1.82) is 0 Å². The molecule has 0 amide bonds. The fourth-order valence-electron chi connectivity index (χ4n) is 5.14. The van der Waals surface area contributed by atoms with Crippen molar-refractivity contribution in [2.24, 2.45) is 0 Å². The number of rotatable bonds is 3. The number of pyridine rings is 1. The van der Waals surface area contributed by atoms with Gasteiger partial charge in [-0.1, -0.05) is 88.7 Å². The molecule has 160 valence electrons. The fourth-order valence-corrected chi connectivity index (χ4v) is 5.60. The van der Waals surface area contributed by atoms with Crippen LogP contribution >= 0.6 is 15.9 Å². The third kappa shape index (κ3) is 2.91. The maximum Gasteiger partial charge on any atom is 0.137 e. The van der Waals surface area contributed by atoms with Gasteiger partial charge in [0.15, 0.2) is 0 Å². The van der Waals surface area contributed by atoms with Crippen molar-refractivity contribution in [3.63, 3.8) is 0 Å². The Hall–Kier alpha value is -3.95. The molecule has 0 spiro atoms. The Bertz CT molecular complexity index is 1830. The second-order valence-corrected chi connectivity index (χ2v) is 9.46. The van der Waals surface area contributed by atoms with Crippen LogP contribution in [0, 0.1) is 0 Å². The lowest BCUT2D eigenvalue weighted by atomic mass is 9.93. The van der Waals surface area contributed by atoms with Crippen molar-refractivity contribution in [2.45, 2.75) is 0 Å². The van der Waals surface area contributed by atoms with Gasteiger partial charge in [0.1, 0.15) is 5.82 Å². The van der Waals surface area contributed by atoms with E-state index in [4.69, 9.17) is 4.98 Å². The van der Waals surface area contributed by atoms with Gasteiger partial charge in [-0.05, 0) is 74.1 Å². The first-order chi connectivity index (χ1) is 16.8. The van der Waals surface area contributed by atoms with E-state index < -0.39 is 0 Å². The van der Waals surface area contributed by atoms with E-state index in [1.54, 1.807) is 0 Å². The van der Waals surface area contributed by atoms with E-state index in [0.29, 0.717) is 0 Å². The molecule has 0 unspecified atom stereocenters. The van der Waals surface area contributed by atoms with Crippen molar-refractivity contribution in [3.8, 4) is 0 Å². The highest BCUT2D eigenvalue weighted by atomic mass is 79.9. The second kappa shape index (κ2) is 7.54. The van der Waals surface area contributed by atoms with Crippen LogP contribution in [0.2, 0.25) is 0 Å². The van der Waals surface area contributed by atoms with Crippen LogP contribution in [-0.4, -0.2) is 4.98 Å². The van der Waals surface area contributed by atoms with Gasteiger partial charge in [0.05, 0.1) is 5.69 Å². The molecule has 6 aromatic carbocycles. The number of fused-ring (bicyclic) bond motifs is 1. The highest BCUT2D eigenvalue weighted by Crippen LogP contribution is 2.44. The minimum atomic E-state index is 0.897. The van der Waals surface area contributed by atoms with E-state index >= 15 is 0 Å². The second-order valence-electron chi connectivity index (χ2n) is 8.61. The smallest absolute Gasteiger partial charge is 0.137 e. The molecule has 0 aliphatic heterocycles. The summed E-state index contributed by atoms with van der Waals surface area (Å²) in [6.45, 7) is 0. The van der Waals surface area contributed by atoms with Crippen LogP contribution in [0.4, 0.5) is 17.2 Å². The van der Waals surface area contributed by atoms with Gasteiger partial charge in [-0.25, -0.2) is 4.98 Å². The molecular weight excluding hydrogens is 480 g/mol. The van der Waals surface area contributed by atoms with E-state index in [0.717, 1.165) is 21.7 Å². The number of anilines is 3. The summed E-state index contributed by atoms with van der Waals surface area (Å²) in [6, 6.07) is 38.9. The lowest BCUT2D eigenvalue weighted by Crippen LogP contribution is -2.12. The zero-order valence-corrected chi connectivity index (χ0v) is 19.8. The lowest BCUT2D eigenvalue weighted by Gasteiger charge is -2.27. The summed E-state index contributed by atoms with van der Waals surface area (Å²) in [5, 5.41) is 9.98. The van der Waals surface area contributed by atoms with Crippen LogP contribution in [-0.2, 0) is 0 Å². The van der Waals surface area contributed by atoms with Crippen LogP contribution in [0.15, 0.2) is 120 Å². The van der Waals surface area contributed by atoms with Crippen LogP contribution in [0.1, 0.15) is 0 Å². The van der Waals surface area contributed by atoms with Crippen LogP contribution in [0.5, 0.6) is 0 Å². The topological polar surface area (TPSA) is 16.1 Å². The quantitative estimate of drug-likeness (QED) is 0.225. The molecule has 0 saturated heterocycles. The summed E-state index contributed by atoms with van der Waals surface area (Å²) in [4.78, 5) is 7.02. The molecule has 1 aromatic heterocycles. The van der Waals surface area contributed by atoms with Gasteiger partial charge in [0.2, 0.25) is 0 Å². The molecule has 7 aromatic rings. The first-order valence-corrected chi connectivity index (χ1v) is 12.1. The van der Waals surface area contributed by atoms with Gasteiger partial charge < -0.3 is 0 Å². The largest absolute Gasteiger partial charge is 0.294 e. The van der Waals surface area contributed by atoms with Crippen LogP contribution in [0.3, 0.4) is 0 Å². The summed E-state index contributed by atoms with van der Waals surface area (Å²) in [5.74, 6) is 0.897. The Morgan fingerprint density at radius 1 is 0.559 bits per heavy atom. The molecular formula is C31H19BrN2. The van der Waals surface area contributed by atoms with Gasteiger partial charge in [0.25, 0.3) is 0 Å². The van der Waals surface area contributed by atoms with E-state index in [1.165, 1.54) is 43.1 Å². The Balaban J connectivity index is 1.57. The molecule has 0 aliphatic rings. The minimum Gasteiger partial charge on any atom is -0.294 e. The molecule has 1 heterocycles. The third-order valence-corrected chi connectivity index (χ3v) is 7.39. The fraction of sp³-hybridized carbons (Fsp3) is 0. The predicted octanol–water partition coefficient (Wildman–Crippen LogP) is 9.36.